The van der Waals surface area contributed by atoms with Gasteiger partial charge in [-0.2, -0.15) is 0 Å². The summed E-state index contributed by atoms with van der Waals surface area (Å²) in [4.78, 5) is 4.90. The summed E-state index contributed by atoms with van der Waals surface area (Å²) in [7, 11) is 2.13. The Labute approximate surface area is 129 Å². The molecule has 0 radical (unpaired) electrons. The highest BCUT2D eigenvalue weighted by atomic mass is 15.2. The minimum atomic E-state index is 0.602. The predicted octanol–water partition coefficient (Wildman–Crippen LogP) is 3.66. The second-order valence-corrected chi connectivity index (χ2v) is 7.41. The van der Waals surface area contributed by atoms with Gasteiger partial charge >= 0.3 is 0 Å². The highest BCUT2D eigenvalue weighted by Gasteiger charge is 2.34. The van der Waals surface area contributed by atoms with Crippen molar-refractivity contribution in [3.8, 4) is 0 Å². The van der Waals surface area contributed by atoms with Gasteiger partial charge in [0.2, 0.25) is 0 Å². The van der Waals surface area contributed by atoms with E-state index in [4.69, 9.17) is 4.98 Å². The Morgan fingerprint density at radius 1 is 1.19 bits per heavy atom. The molecule has 118 valence electrons. The molecule has 3 nitrogen and oxygen atoms in total. The van der Waals surface area contributed by atoms with Crippen LogP contribution < -0.4 is 5.32 Å². The highest BCUT2D eigenvalue weighted by molar-refractivity contribution is 5.21. The molecule has 21 heavy (non-hydrogen) atoms. The lowest BCUT2D eigenvalue weighted by molar-refractivity contribution is 0.172. The number of fused-ring (bicyclic) bond motifs is 1. The van der Waals surface area contributed by atoms with Gasteiger partial charge < -0.3 is 9.88 Å². The average Bonchev–Trinajstić information content (AvgIpc) is 2.82. The summed E-state index contributed by atoms with van der Waals surface area (Å²) in [6.07, 6.45) is 9.06. The maximum absolute atomic E-state index is 4.90. The van der Waals surface area contributed by atoms with Crippen LogP contribution in [0.1, 0.15) is 69.2 Å². The molecule has 1 aromatic rings. The third-order valence-corrected chi connectivity index (χ3v) is 5.85. The molecule has 2 aliphatic rings. The second-order valence-electron chi connectivity index (χ2n) is 7.41. The number of rotatable bonds is 3. The van der Waals surface area contributed by atoms with E-state index in [1.165, 1.54) is 56.5 Å². The molecule has 2 aliphatic carbocycles. The van der Waals surface area contributed by atoms with E-state index in [1.807, 2.05) is 0 Å². The van der Waals surface area contributed by atoms with Crippen molar-refractivity contribution in [2.45, 2.75) is 77.8 Å². The number of hydrogen-bond acceptors (Lipinski definition) is 2. The smallest absolute Gasteiger partial charge is 0.106 e. The average molecular weight is 289 g/mol. The van der Waals surface area contributed by atoms with Gasteiger partial charge in [0.25, 0.3) is 0 Å². The summed E-state index contributed by atoms with van der Waals surface area (Å²) in [5, 5.41) is 3.59. The fourth-order valence-electron chi connectivity index (χ4n) is 4.54. The Hall–Kier alpha value is -0.830. The van der Waals surface area contributed by atoms with E-state index in [2.05, 4.69) is 37.7 Å². The fourth-order valence-corrected chi connectivity index (χ4v) is 4.54. The van der Waals surface area contributed by atoms with Crippen LogP contribution in [0.25, 0.3) is 0 Å². The molecule has 1 N–H and O–H groups in total. The van der Waals surface area contributed by atoms with Crippen LogP contribution in [0, 0.1) is 18.8 Å². The van der Waals surface area contributed by atoms with Crippen molar-refractivity contribution in [2.75, 3.05) is 7.05 Å². The van der Waals surface area contributed by atoms with Crippen molar-refractivity contribution in [3.05, 3.63) is 17.2 Å². The predicted molar refractivity (Wildman–Crippen MR) is 87.7 cm³/mol. The summed E-state index contributed by atoms with van der Waals surface area (Å²) in [6.45, 7) is 6.99. The first-order chi connectivity index (χ1) is 10.1. The molecular weight excluding hydrogens is 258 g/mol. The minimum Gasteiger partial charge on any atom is -0.327 e. The number of imidazole rings is 1. The van der Waals surface area contributed by atoms with Crippen LogP contribution in [-0.2, 0) is 12.8 Å². The van der Waals surface area contributed by atoms with E-state index in [-0.39, 0.29) is 0 Å². The maximum Gasteiger partial charge on any atom is 0.106 e. The van der Waals surface area contributed by atoms with E-state index in [0.29, 0.717) is 12.1 Å². The number of nitrogens with zero attached hydrogens (tertiary/aromatic N) is 2. The van der Waals surface area contributed by atoms with E-state index in [1.54, 1.807) is 5.69 Å². The number of likely N-dealkylation sites (N-methyl/N-ethyl adjacent to an activating group) is 1. The van der Waals surface area contributed by atoms with Gasteiger partial charge in [0.1, 0.15) is 5.82 Å². The van der Waals surface area contributed by atoms with Gasteiger partial charge in [0.05, 0.1) is 11.7 Å². The van der Waals surface area contributed by atoms with E-state index in [9.17, 15) is 0 Å². The van der Waals surface area contributed by atoms with Gasteiger partial charge in [0, 0.05) is 11.7 Å². The molecule has 1 heterocycles. The summed E-state index contributed by atoms with van der Waals surface area (Å²) in [5.41, 5.74) is 2.94. The molecule has 0 spiro atoms. The zero-order chi connectivity index (χ0) is 15.0. The summed E-state index contributed by atoms with van der Waals surface area (Å²) in [6, 6.07) is 1.21. The van der Waals surface area contributed by atoms with Crippen molar-refractivity contribution in [1.29, 1.82) is 0 Å². The molecule has 0 bridgehead atoms. The molecular formula is C18H31N3. The van der Waals surface area contributed by atoms with Crippen molar-refractivity contribution in [1.82, 2.24) is 14.9 Å². The first-order valence-electron chi connectivity index (χ1n) is 8.85. The Kier molecular flexibility index (Phi) is 4.39. The highest BCUT2D eigenvalue weighted by Crippen LogP contribution is 2.39. The van der Waals surface area contributed by atoms with E-state index in [0.717, 1.165) is 11.8 Å². The standard InChI is InChI=1S/C18H31N3/c1-12(2)14-9-10-15(19-4)18(11-14)21-13(3)20-16-7-5-6-8-17(16)21/h12,14-15,18-19H,5-11H2,1-4H3. The first kappa shape index (κ1) is 15.1. The quantitative estimate of drug-likeness (QED) is 0.920. The normalized spacial score (nSPS) is 29.7. The van der Waals surface area contributed by atoms with Crippen LogP contribution in [0.3, 0.4) is 0 Å². The Morgan fingerprint density at radius 3 is 2.67 bits per heavy atom. The summed E-state index contributed by atoms with van der Waals surface area (Å²) < 4.78 is 2.62. The molecule has 1 aromatic heterocycles. The molecule has 3 heteroatoms. The molecule has 1 saturated carbocycles. The molecule has 0 amide bonds. The monoisotopic (exact) mass is 289 g/mol. The fraction of sp³-hybridized carbons (Fsp3) is 0.833. The lowest BCUT2D eigenvalue weighted by Crippen LogP contribution is -2.42. The largest absolute Gasteiger partial charge is 0.327 e. The van der Waals surface area contributed by atoms with Crippen molar-refractivity contribution in [3.63, 3.8) is 0 Å². The Balaban J connectivity index is 1.94. The lowest BCUT2D eigenvalue weighted by Gasteiger charge is -2.40. The molecule has 1 fully saturated rings. The van der Waals surface area contributed by atoms with Crippen molar-refractivity contribution in [2.24, 2.45) is 11.8 Å². The number of aryl methyl sites for hydroxylation is 2. The van der Waals surface area contributed by atoms with Gasteiger partial charge in [0.15, 0.2) is 0 Å². The SMILES string of the molecule is CNC1CCC(C(C)C)CC1n1c(C)nc2c1CCCC2. The molecule has 3 rings (SSSR count). The van der Waals surface area contributed by atoms with Crippen LogP contribution >= 0.6 is 0 Å². The molecule has 0 aromatic carbocycles. The van der Waals surface area contributed by atoms with Crippen molar-refractivity contribution >= 4 is 0 Å². The van der Waals surface area contributed by atoms with E-state index < -0.39 is 0 Å². The topological polar surface area (TPSA) is 29.9 Å². The van der Waals surface area contributed by atoms with Crippen LogP contribution in [0.2, 0.25) is 0 Å². The second kappa shape index (κ2) is 6.12. The van der Waals surface area contributed by atoms with Gasteiger partial charge in [-0.1, -0.05) is 13.8 Å². The van der Waals surface area contributed by atoms with Crippen LogP contribution in [0.15, 0.2) is 0 Å². The van der Waals surface area contributed by atoms with Gasteiger partial charge in [-0.05, 0) is 70.8 Å². The summed E-state index contributed by atoms with van der Waals surface area (Å²) >= 11 is 0. The zero-order valence-corrected chi connectivity index (χ0v) is 14.2. The van der Waals surface area contributed by atoms with Gasteiger partial charge in [-0.25, -0.2) is 4.98 Å². The summed E-state index contributed by atoms with van der Waals surface area (Å²) in [5.74, 6) is 2.90. The zero-order valence-electron chi connectivity index (χ0n) is 14.2. The number of hydrogen-bond donors (Lipinski definition) is 1. The first-order valence-corrected chi connectivity index (χ1v) is 8.85. The molecule has 0 aliphatic heterocycles. The maximum atomic E-state index is 4.90. The molecule has 3 unspecified atom stereocenters. The van der Waals surface area contributed by atoms with Crippen molar-refractivity contribution < 1.29 is 0 Å². The number of aromatic nitrogens is 2. The van der Waals surface area contributed by atoms with Crippen LogP contribution in [0.4, 0.5) is 0 Å². The molecule has 0 saturated heterocycles. The van der Waals surface area contributed by atoms with Gasteiger partial charge in [-0.3, -0.25) is 0 Å². The third kappa shape index (κ3) is 2.77. The lowest BCUT2D eigenvalue weighted by atomic mass is 9.76. The minimum absolute atomic E-state index is 0.602. The van der Waals surface area contributed by atoms with Crippen LogP contribution in [-0.4, -0.2) is 22.6 Å². The van der Waals surface area contributed by atoms with Gasteiger partial charge in [-0.15, -0.1) is 0 Å². The Bertz CT molecular complexity index is 489. The number of nitrogens with one attached hydrogen (secondary N) is 1. The van der Waals surface area contributed by atoms with Crippen LogP contribution in [0.5, 0.6) is 0 Å². The third-order valence-electron chi connectivity index (χ3n) is 5.85. The van der Waals surface area contributed by atoms with E-state index >= 15 is 0 Å². The Morgan fingerprint density at radius 2 is 1.95 bits per heavy atom. The molecule has 3 atom stereocenters.